The Morgan fingerprint density at radius 1 is 1.15 bits per heavy atom. The van der Waals surface area contributed by atoms with Crippen molar-refractivity contribution in [2.75, 3.05) is 21.3 Å². The van der Waals surface area contributed by atoms with Gasteiger partial charge in [0.2, 0.25) is 5.75 Å². The topological polar surface area (TPSA) is 85.2 Å². The standard InChI is InChI=1S/C14H20O6/c1-8(5-12(15)16)13(17)9-6-10(18-2)14(20-4)11(7-9)19-3/h6-8,13,17H,5H2,1-4H3,(H,15,16). The van der Waals surface area contributed by atoms with E-state index in [1.54, 1.807) is 19.1 Å². The van der Waals surface area contributed by atoms with Gasteiger partial charge in [-0.15, -0.1) is 0 Å². The highest BCUT2D eigenvalue weighted by atomic mass is 16.5. The highest BCUT2D eigenvalue weighted by Gasteiger charge is 2.23. The normalized spacial score (nSPS) is 13.4. The Kier molecular flexibility index (Phi) is 5.64. The molecule has 112 valence electrons. The van der Waals surface area contributed by atoms with Gasteiger partial charge in [-0.25, -0.2) is 0 Å². The zero-order chi connectivity index (χ0) is 15.3. The average Bonchev–Trinajstić information content (AvgIpc) is 2.43. The van der Waals surface area contributed by atoms with Gasteiger partial charge in [0.25, 0.3) is 0 Å². The lowest BCUT2D eigenvalue weighted by Gasteiger charge is -2.20. The highest BCUT2D eigenvalue weighted by molar-refractivity contribution is 5.67. The first kappa shape index (κ1) is 16.1. The van der Waals surface area contributed by atoms with Gasteiger partial charge < -0.3 is 24.4 Å². The number of ether oxygens (including phenoxy) is 3. The van der Waals surface area contributed by atoms with Gasteiger partial charge in [-0.1, -0.05) is 6.92 Å². The SMILES string of the molecule is COc1cc(C(O)C(C)CC(=O)O)cc(OC)c1OC. The minimum Gasteiger partial charge on any atom is -0.493 e. The molecule has 1 rings (SSSR count). The number of carbonyl (C=O) groups is 1. The first-order chi connectivity index (χ1) is 9.44. The minimum absolute atomic E-state index is 0.127. The smallest absolute Gasteiger partial charge is 0.303 e. The Hall–Kier alpha value is -1.95. The Bertz CT molecular complexity index is 446. The first-order valence-corrected chi connectivity index (χ1v) is 6.14. The fourth-order valence-corrected chi connectivity index (χ4v) is 1.99. The molecule has 0 amide bonds. The van der Waals surface area contributed by atoms with E-state index in [1.165, 1.54) is 21.3 Å². The molecule has 20 heavy (non-hydrogen) atoms. The van der Waals surface area contributed by atoms with Crippen LogP contribution in [-0.4, -0.2) is 37.5 Å². The largest absolute Gasteiger partial charge is 0.493 e. The Morgan fingerprint density at radius 3 is 2.00 bits per heavy atom. The molecular formula is C14H20O6. The molecule has 0 bridgehead atoms. The van der Waals surface area contributed by atoms with Crippen LogP contribution in [0.3, 0.4) is 0 Å². The maximum atomic E-state index is 10.7. The zero-order valence-corrected chi connectivity index (χ0v) is 12.0. The third-order valence-electron chi connectivity index (χ3n) is 3.06. The van der Waals surface area contributed by atoms with Crippen LogP contribution < -0.4 is 14.2 Å². The number of rotatable bonds is 7. The average molecular weight is 284 g/mol. The van der Waals surface area contributed by atoms with E-state index in [0.29, 0.717) is 22.8 Å². The van der Waals surface area contributed by atoms with Crippen LogP contribution in [0.25, 0.3) is 0 Å². The predicted molar refractivity (Wildman–Crippen MR) is 72.5 cm³/mol. The molecule has 0 aliphatic carbocycles. The number of carboxylic acid groups (broad SMARTS) is 1. The predicted octanol–water partition coefficient (Wildman–Crippen LogP) is 1.86. The summed E-state index contributed by atoms with van der Waals surface area (Å²) in [4.78, 5) is 10.7. The van der Waals surface area contributed by atoms with Gasteiger partial charge >= 0.3 is 5.97 Å². The van der Waals surface area contributed by atoms with Gasteiger partial charge in [-0.2, -0.15) is 0 Å². The Morgan fingerprint density at radius 2 is 1.65 bits per heavy atom. The fourth-order valence-electron chi connectivity index (χ4n) is 1.99. The van der Waals surface area contributed by atoms with E-state index < -0.39 is 18.0 Å². The van der Waals surface area contributed by atoms with Crippen LogP contribution in [-0.2, 0) is 4.79 Å². The summed E-state index contributed by atoms with van der Waals surface area (Å²) in [6.07, 6.45) is -1.06. The van der Waals surface area contributed by atoms with Crippen molar-refractivity contribution < 1.29 is 29.2 Å². The second-order valence-corrected chi connectivity index (χ2v) is 4.48. The van der Waals surface area contributed by atoms with Crippen LogP contribution in [0.5, 0.6) is 17.2 Å². The van der Waals surface area contributed by atoms with Crippen LogP contribution in [0.2, 0.25) is 0 Å². The quantitative estimate of drug-likeness (QED) is 0.795. The van der Waals surface area contributed by atoms with Gasteiger partial charge in [0.05, 0.1) is 33.9 Å². The Balaban J connectivity index is 3.15. The van der Waals surface area contributed by atoms with E-state index in [0.717, 1.165) is 0 Å². The van der Waals surface area contributed by atoms with Crippen molar-refractivity contribution in [2.24, 2.45) is 5.92 Å². The van der Waals surface area contributed by atoms with Gasteiger partial charge in [0, 0.05) is 0 Å². The van der Waals surface area contributed by atoms with Gasteiger partial charge in [0.15, 0.2) is 11.5 Å². The third-order valence-corrected chi connectivity index (χ3v) is 3.06. The number of benzene rings is 1. The van der Waals surface area contributed by atoms with E-state index in [2.05, 4.69) is 0 Å². The van der Waals surface area contributed by atoms with Crippen LogP contribution in [0.1, 0.15) is 25.0 Å². The molecule has 0 spiro atoms. The summed E-state index contributed by atoms with van der Waals surface area (Å²) in [7, 11) is 4.45. The summed E-state index contributed by atoms with van der Waals surface area (Å²) in [5.74, 6) is -0.122. The van der Waals surface area contributed by atoms with E-state index in [1.807, 2.05) is 0 Å². The molecule has 0 heterocycles. The third kappa shape index (κ3) is 3.54. The zero-order valence-electron chi connectivity index (χ0n) is 12.0. The van der Waals surface area contributed by atoms with Crippen molar-refractivity contribution in [3.8, 4) is 17.2 Å². The van der Waals surface area contributed by atoms with Gasteiger partial charge in [0.1, 0.15) is 0 Å². The summed E-state index contributed by atoms with van der Waals surface area (Å²) < 4.78 is 15.6. The molecule has 0 radical (unpaired) electrons. The molecule has 6 nitrogen and oxygen atoms in total. The fraction of sp³-hybridized carbons (Fsp3) is 0.500. The molecule has 0 aromatic heterocycles. The van der Waals surface area contributed by atoms with Crippen LogP contribution in [0.4, 0.5) is 0 Å². The van der Waals surface area contributed by atoms with Gasteiger partial charge in [-0.05, 0) is 23.6 Å². The second kappa shape index (κ2) is 7.00. The second-order valence-electron chi connectivity index (χ2n) is 4.48. The van der Waals surface area contributed by atoms with E-state index in [-0.39, 0.29) is 6.42 Å². The van der Waals surface area contributed by atoms with Crippen molar-refractivity contribution in [3.63, 3.8) is 0 Å². The molecule has 0 aliphatic rings. The maximum absolute atomic E-state index is 10.7. The van der Waals surface area contributed by atoms with E-state index in [4.69, 9.17) is 19.3 Å². The number of carboxylic acids is 1. The molecular weight excluding hydrogens is 264 g/mol. The number of aliphatic hydroxyl groups is 1. The van der Waals surface area contributed by atoms with Crippen LogP contribution >= 0.6 is 0 Å². The summed E-state index contributed by atoms with van der Waals surface area (Å²) in [6.45, 7) is 1.67. The lowest BCUT2D eigenvalue weighted by Crippen LogP contribution is -2.14. The summed E-state index contributed by atoms with van der Waals surface area (Å²) in [5.41, 5.74) is 0.522. The molecule has 2 unspecified atom stereocenters. The molecule has 1 aromatic rings. The molecule has 1 aromatic carbocycles. The number of aliphatic hydroxyl groups excluding tert-OH is 1. The highest BCUT2D eigenvalue weighted by Crippen LogP contribution is 2.41. The molecule has 0 saturated carbocycles. The number of hydrogen-bond acceptors (Lipinski definition) is 5. The van der Waals surface area contributed by atoms with Crippen LogP contribution in [0, 0.1) is 5.92 Å². The monoisotopic (exact) mass is 284 g/mol. The lowest BCUT2D eigenvalue weighted by molar-refractivity contribution is -0.139. The molecule has 0 aliphatic heterocycles. The Labute approximate surface area is 117 Å². The van der Waals surface area contributed by atoms with Crippen LogP contribution in [0.15, 0.2) is 12.1 Å². The number of aliphatic carboxylic acids is 1. The maximum Gasteiger partial charge on any atom is 0.303 e. The molecule has 2 N–H and O–H groups in total. The van der Waals surface area contributed by atoms with E-state index in [9.17, 15) is 9.90 Å². The van der Waals surface area contributed by atoms with Crippen molar-refractivity contribution in [1.29, 1.82) is 0 Å². The summed E-state index contributed by atoms with van der Waals surface area (Å²) >= 11 is 0. The minimum atomic E-state index is -0.955. The summed E-state index contributed by atoms with van der Waals surface area (Å²) in [5, 5.41) is 19.0. The molecule has 6 heteroatoms. The first-order valence-electron chi connectivity index (χ1n) is 6.14. The van der Waals surface area contributed by atoms with E-state index >= 15 is 0 Å². The number of hydrogen-bond donors (Lipinski definition) is 2. The number of methoxy groups -OCH3 is 3. The summed E-state index contributed by atoms with van der Waals surface area (Å²) in [6, 6.07) is 3.23. The molecule has 2 atom stereocenters. The lowest BCUT2D eigenvalue weighted by atomic mass is 9.94. The van der Waals surface area contributed by atoms with Crippen molar-refractivity contribution in [1.82, 2.24) is 0 Å². The van der Waals surface area contributed by atoms with Crippen molar-refractivity contribution in [2.45, 2.75) is 19.4 Å². The van der Waals surface area contributed by atoms with Gasteiger partial charge in [-0.3, -0.25) is 4.79 Å². The molecule has 0 fully saturated rings. The van der Waals surface area contributed by atoms with Crippen molar-refractivity contribution >= 4 is 5.97 Å². The van der Waals surface area contributed by atoms with Crippen molar-refractivity contribution in [3.05, 3.63) is 17.7 Å². The molecule has 0 saturated heterocycles.